The zero-order valence-corrected chi connectivity index (χ0v) is 18.4. The van der Waals surface area contributed by atoms with Gasteiger partial charge in [-0.2, -0.15) is 0 Å². The molecule has 0 heterocycles. The molecule has 0 aliphatic rings. The molecule has 0 bridgehead atoms. The molecule has 0 fully saturated rings. The first-order chi connectivity index (χ1) is 14.5. The van der Waals surface area contributed by atoms with Gasteiger partial charge in [-0.25, -0.2) is 0 Å². The van der Waals surface area contributed by atoms with Gasteiger partial charge in [0.15, 0.2) is 0 Å². The summed E-state index contributed by atoms with van der Waals surface area (Å²) in [5.74, 6) is 0.698. The summed E-state index contributed by atoms with van der Waals surface area (Å²) < 4.78 is 5.75. The minimum absolute atomic E-state index is 0.0233. The maximum atomic E-state index is 13.1. The lowest BCUT2D eigenvalue weighted by molar-refractivity contribution is -0.141. The van der Waals surface area contributed by atoms with E-state index in [9.17, 15) is 9.59 Å². The van der Waals surface area contributed by atoms with E-state index in [0.717, 1.165) is 17.7 Å². The highest BCUT2D eigenvalue weighted by Crippen LogP contribution is 2.15. The zero-order valence-electron chi connectivity index (χ0n) is 18.4. The largest absolute Gasteiger partial charge is 0.494 e. The molecule has 0 unspecified atom stereocenters. The lowest BCUT2D eigenvalue weighted by Gasteiger charge is -2.30. The van der Waals surface area contributed by atoms with Crippen LogP contribution in [0, 0.1) is 6.92 Å². The molecule has 5 heteroatoms. The van der Waals surface area contributed by atoms with E-state index in [1.54, 1.807) is 4.90 Å². The minimum Gasteiger partial charge on any atom is -0.494 e. The molecular formula is C25H34N2O3. The number of benzene rings is 2. The summed E-state index contributed by atoms with van der Waals surface area (Å²) in [6.45, 7) is 7.51. The molecule has 0 aliphatic carbocycles. The van der Waals surface area contributed by atoms with Crippen molar-refractivity contribution in [2.45, 2.75) is 59.0 Å². The fourth-order valence-corrected chi connectivity index (χ4v) is 3.26. The van der Waals surface area contributed by atoms with Gasteiger partial charge in [-0.1, -0.05) is 61.9 Å². The Balaban J connectivity index is 1.99. The van der Waals surface area contributed by atoms with Crippen LogP contribution in [-0.4, -0.2) is 35.9 Å². The molecule has 0 radical (unpaired) electrons. The van der Waals surface area contributed by atoms with Crippen LogP contribution in [0.1, 0.15) is 50.7 Å². The van der Waals surface area contributed by atoms with Crippen molar-refractivity contribution < 1.29 is 14.3 Å². The molecule has 1 N–H and O–H groups in total. The van der Waals surface area contributed by atoms with Gasteiger partial charge in [-0.05, 0) is 43.9 Å². The average Bonchev–Trinajstić information content (AvgIpc) is 2.76. The van der Waals surface area contributed by atoms with E-state index in [1.807, 2.05) is 75.4 Å². The van der Waals surface area contributed by atoms with Crippen molar-refractivity contribution in [2.75, 3.05) is 13.2 Å². The number of rotatable bonds is 12. The van der Waals surface area contributed by atoms with Gasteiger partial charge in [-0.15, -0.1) is 0 Å². The first-order valence-electron chi connectivity index (χ1n) is 10.9. The standard InChI is InChI=1S/C25H34N2O3/c1-4-17-26-25(29)23(5-2)27(19-21-10-7-6-8-11-21)24(28)12-9-18-30-22-15-13-20(3)14-16-22/h6-8,10-11,13-16,23H,4-5,9,12,17-19H2,1-3H3,(H,26,29)/t23-/m1/s1. The summed E-state index contributed by atoms with van der Waals surface area (Å²) in [6, 6.07) is 17.2. The predicted molar refractivity (Wildman–Crippen MR) is 120 cm³/mol. The summed E-state index contributed by atoms with van der Waals surface area (Å²) in [7, 11) is 0. The molecule has 0 saturated carbocycles. The summed E-state index contributed by atoms with van der Waals surface area (Å²) in [6.07, 6.45) is 2.39. The maximum absolute atomic E-state index is 13.1. The van der Waals surface area contributed by atoms with Gasteiger partial charge in [-0.3, -0.25) is 9.59 Å². The molecule has 0 saturated heterocycles. The van der Waals surface area contributed by atoms with Gasteiger partial charge in [0.2, 0.25) is 11.8 Å². The van der Waals surface area contributed by atoms with Gasteiger partial charge in [0, 0.05) is 19.5 Å². The Labute approximate surface area is 180 Å². The van der Waals surface area contributed by atoms with Gasteiger partial charge >= 0.3 is 0 Å². The average molecular weight is 411 g/mol. The van der Waals surface area contributed by atoms with Gasteiger partial charge < -0.3 is 15.0 Å². The Morgan fingerprint density at radius 1 is 1.03 bits per heavy atom. The highest BCUT2D eigenvalue weighted by molar-refractivity contribution is 5.87. The molecule has 0 spiro atoms. The van der Waals surface area contributed by atoms with E-state index in [0.29, 0.717) is 39.0 Å². The molecule has 2 aromatic rings. The van der Waals surface area contributed by atoms with E-state index in [-0.39, 0.29) is 11.8 Å². The Bertz CT molecular complexity index is 775. The van der Waals surface area contributed by atoms with Crippen LogP contribution in [0.2, 0.25) is 0 Å². The maximum Gasteiger partial charge on any atom is 0.242 e. The van der Waals surface area contributed by atoms with Crippen LogP contribution in [-0.2, 0) is 16.1 Å². The lowest BCUT2D eigenvalue weighted by atomic mass is 10.1. The molecule has 0 aliphatic heterocycles. The number of carbonyl (C=O) groups excluding carboxylic acids is 2. The Morgan fingerprint density at radius 3 is 2.37 bits per heavy atom. The van der Waals surface area contributed by atoms with Crippen LogP contribution in [0.15, 0.2) is 54.6 Å². The SMILES string of the molecule is CCCNC(=O)[C@@H](CC)N(Cc1ccccc1)C(=O)CCCOc1ccc(C)cc1. The van der Waals surface area contributed by atoms with Gasteiger partial charge in [0.25, 0.3) is 0 Å². The molecule has 2 aromatic carbocycles. The van der Waals surface area contributed by atoms with Crippen LogP contribution in [0.25, 0.3) is 0 Å². The van der Waals surface area contributed by atoms with Crippen LogP contribution < -0.4 is 10.1 Å². The molecule has 1 atom stereocenters. The van der Waals surface area contributed by atoms with Crippen LogP contribution in [0.3, 0.4) is 0 Å². The second kappa shape index (κ2) is 12.7. The fourth-order valence-electron chi connectivity index (χ4n) is 3.26. The molecule has 2 rings (SSSR count). The first-order valence-corrected chi connectivity index (χ1v) is 10.9. The molecule has 0 aromatic heterocycles. The lowest BCUT2D eigenvalue weighted by Crippen LogP contribution is -2.49. The highest BCUT2D eigenvalue weighted by Gasteiger charge is 2.28. The molecule has 5 nitrogen and oxygen atoms in total. The van der Waals surface area contributed by atoms with Crippen molar-refractivity contribution in [1.29, 1.82) is 0 Å². The van der Waals surface area contributed by atoms with Crippen molar-refractivity contribution in [2.24, 2.45) is 0 Å². The molecule has 162 valence electrons. The van der Waals surface area contributed by atoms with Crippen molar-refractivity contribution in [3.63, 3.8) is 0 Å². The van der Waals surface area contributed by atoms with E-state index in [4.69, 9.17) is 4.74 Å². The number of nitrogens with zero attached hydrogens (tertiary/aromatic N) is 1. The number of hydrogen-bond acceptors (Lipinski definition) is 3. The Kier molecular flexibility index (Phi) is 9.92. The monoisotopic (exact) mass is 410 g/mol. The van der Waals surface area contributed by atoms with Crippen molar-refractivity contribution >= 4 is 11.8 Å². The predicted octanol–water partition coefficient (Wildman–Crippen LogP) is 4.49. The van der Waals surface area contributed by atoms with E-state index < -0.39 is 6.04 Å². The number of ether oxygens (including phenoxy) is 1. The van der Waals surface area contributed by atoms with Gasteiger partial charge in [0.05, 0.1) is 6.61 Å². The number of hydrogen-bond donors (Lipinski definition) is 1. The molecule has 30 heavy (non-hydrogen) atoms. The first kappa shape index (κ1) is 23.5. The van der Waals surface area contributed by atoms with Crippen molar-refractivity contribution in [3.05, 3.63) is 65.7 Å². The fraction of sp³-hybridized carbons (Fsp3) is 0.440. The van der Waals surface area contributed by atoms with Gasteiger partial charge in [0.1, 0.15) is 11.8 Å². The molecule has 2 amide bonds. The number of carbonyl (C=O) groups is 2. The van der Waals surface area contributed by atoms with E-state index in [2.05, 4.69) is 5.32 Å². The Morgan fingerprint density at radius 2 is 1.73 bits per heavy atom. The number of aryl methyl sites for hydroxylation is 1. The minimum atomic E-state index is -0.470. The zero-order chi connectivity index (χ0) is 21.8. The third-order valence-corrected chi connectivity index (χ3v) is 4.96. The van der Waals surface area contributed by atoms with E-state index >= 15 is 0 Å². The summed E-state index contributed by atoms with van der Waals surface area (Å²) >= 11 is 0. The van der Waals surface area contributed by atoms with Crippen LogP contribution >= 0.6 is 0 Å². The molecular weight excluding hydrogens is 376 g/mol. The van der Waals surface area contributed by atoms with E-state index in [1.165, 1.54) is 5.56 Å². The van der Waals surface area contributed by atoms with Crippen molar-refractivity contribution in [1.82, 2.24) is 10.2 Å². The highest BCUT2D eigenvalue weighted by atomic mass is 16.5. The Hall–Kier alpha value is -2.82. The normalized spacial score (nSPS) is 11.6. The quantitative estimate of drug-likeness (QED) is 0.525. The third kappa shape index (κ3) is 7.54. The smallest absolute Gasteiger partial charge is 0.242 e. The van der Waals surface area contributed by atoms with Crippen LogP contribution in [0.5, 0.6) is 5.75 Å². The number of nitrogens with one attached hydrogen (secondary N) is 1. The van der Waals surface area contributed by atoms with Crippen LogP contribution in [0.4, 0.5) is 0 Å². The summed E-state index contributed by atoms with van der Waals surface area (Å²) in [5.41, 5.74) is 2.20. The number of amides is 2. The summed E-state index contributed by atoms with van der Waals surface area (Å²) in [5, 5.41) is 2.94. The van der Waals surface area contributed by atoms with Crippen molar-refractivity contribution in [3.8, 4) is 5.75 Å². The summed E-state index contributed by atoms with van der Waals surface area (Å²) in [4.78, 5) is 27.5. The topological polar surface area (TPSA) is 58.6 Å². The second-order valence-corrected chi connectivity index (χ2v) is 7.49. The third-order valence-electron chi connectivity index (χ3n) is 4.96. The second-order valence-electron chi connectivity index (χ2n) is 7.49.